The third-order valence-corrected chi connectivity index (χ3v) is 5.90. The molecule has 2 aromatic rings. The number of fused-ring (bicyclic) bond motifs is 3. The lowest BCUT2D eigenvalue weighted by molar-refractivity contribution is -0.143. The monoisotopic (exact) mass is 399 g/mol. The Labute approximate surface area is 172 Å². The van der Waals surface area contributed by atoms with Crippen LogP contribution in [0.15, 0.2) is 24.4 Å². The van der Waals surface area contributed by atoms with Crippen LogP contribution >= 0.6 is 0 Å². The van der Waals surface area contributed by atoms with Gasteiger partial charge in [0.15, 0.2) is 13.7 Å². The van der Waals surface area contributed by atoms with Crippen LogP contribution in [0, 0.1) is 11.8 Å². The Morgan fingerprint density at radius 2 is 2.28 bits per heavy atom. The zero-order chi connectivity index (χ0) is 21.0. The second-order valence-corrected chi connectivity index (χ2v) is 7.70. The number of hydrogen-bond donors (Lipinski definition) is 2. The summed E-state index contributed by atoms with van der Waals surface area (Å²) in [5.41, 5.74) is 1.83. The fourth-order valence-corrected chi connectivity index (χ4v) is 4.10. The number of nitrogens with zero attached hydrogens (tertiary/aromatic N) is 2. The molecule has 1 aliphatic heterocycles. The van der Waals surface area contributed by atoms with Crippen molar-refractivity contribution in [2.45, 2.75) is 32.7 Å². The fraction of sp³-hybridized carbons (Fsp3) is 0.524. The highest BCUT2D eigenvalue weighted by Gasteiger charge is 2.31. The number of carbonyl (C=O) groups is 1. The molecule has 0 aliphatic carbocycles. The Morgan fingerprint density at radius 1 is 1.48 bits per heavy atom. The number of carboxylic acid groups (broad SMARTS) is 1. The molecule has 0 saturated carbocycles. The Kier molecular flexibility index (Phi) is 6.85. The smallest absolute Gasteiger partial charge is 0.306 e. The molecule has 7 nitrogen and oxygen atoms in total. The molecular formula is C21H30BN3O4. The zero-order valence-corrected chi connectivity index (χ0v) is 17.6. The Bertz CT molecular complexity index is 854. The van der Waals surface area contributed by atoms with Crippen LogP contribution in [0.5, 0.6) is 11.5 Å². The van der Waals surface area contributed by atoms with Gasteiger partial charge >= 0.3 is 5.97 Å². The molecule has 1 aromatic heterocycles. The van der Waals surface area contributed by atoms with Crippen LogP contribution in [-0.4, -0.2) is 56.9 Å². The largest absolute Gasteiger partial charge is 0.497 e. The van der Waals surface area contributed by atoms with E-state index >= 15 is 0 Å². The molecule has 3 atom stereocenters. The number of nitrogens with one attached hydrogen (secondary N) is 1. The average Bonchev–Trinajstić information content (AvgIpc) is 2.73. The first-order valence-electron chi connectivity index (χ1n) is 10.2. The van der Waals surface area contributed by atoms with Crippen molar-refractivity contribution in [1.29, 1.82) is 0 Å². The number of aromatic nitrogens is 1. The number of anilines is 1. The normalized spacial score (nSPS) is 16.6. The Hall–Kier alpha value is -2.48. The summed E-state index contributed by atoms with van der Waals surface area (Å²) in [6.45, 7) is 6.02. The lowest BCUT2D eigenvalue weighted by atomic mass is 9.86. The summed E-state index contributed by atoms with van der Waals surface area (Å²) >= 11 is 0. The third-order valence-electron chi connectivity index (χ3n) is 5.90. The van der Waals surface area contributed by atoms with Gasteiger partial charge in [-0.2, -0.15) is 0 Å². The van der Waals surface area contributed by atoms with E-state index in [1.807, 2.05) is 33.1 Å². The topological polar surface area (TPSA) is 83.9 Å². The molecule has 0 fully saturated rings. The molecule has 29 heavy (non-hydrogen) atoms. The molecule has 8 heteroatoms. The van der Waals surface area contributed by atoms with Crippen LogP contribution < -0.4 is 19.6 Å². The van der Waals surface area contributed by atoms with E-state index in [9.17, 15) is 9.90 Å². The second kappa shape index (κ2) is 9.35. The van der Waals surface area contributed by atoms with E-state index in [1.165, 1.54) is 0 Å². The predicted octanol–water partition coefficient (Wildman–Crippen LogP) is 2.09. The molecule has 2 heterocycles. The van der Waals surface area contributed by atoms with E-state index in [2.05, 4.69) is 22.0 Å². The maximum atomic E-state index is 12.0. The lowest BCUT2D eigenvalue weighted by Crippen LogP contribution is -2.41. The number of rotatable bonds is 9. The highest BCUT2D eigenvalue weighted by molar-refractivity contribution is 6.04. The quantitative estimate of drug-likeness (QED) is 0.625. The molecule has 2 N–H and O–H groups in total. The van der Waals surface area contributed by atoms with E-state index in [1.54, 1.807) is 13.3 Å². The van der Waals surface area contributed by atoms with Gasteiger partial charge in [0, 0.05) is 11.9 Å². The summed E-state index contributed by atoms with van der Waals surface area (Å²) in [5, 5.41) is 14.0. The summed E-state index contributed by atoms with van der Waals surface area (Å²) < 4.78 is 11.2. The van der Waals surface area contributed by atoms with Crippen molar-refractivity contribution < 1.29 is 19.4 Å². The maximum Gasteiger partial charge on any atom is 0.306 e. The van der Waals surface area contributed by atoms with E-state index in [0.717, 1.165) is 34.5 Å². The van der Waals surface area contributed by atoms with Crippen LogP contribution in [-0.2, 0) is 4.79 Å². The highest BCUT2D eigenvalue weighted by Crippen LogP contribution is 2.39. The molecule has 3 rings (SSSR count). The van der Waals surface area contributed by atoms with Gasteiger partial charge in [0.2, 0.25) is 0 Å². The number of benzene rings is 1. The number of hydrogen-bond acceptors (Lipinski definition) is 6. The van der Waals surface area contributed by atoms with Gasteiger partial charge in [-0.3, -0.25) is 9.78 Å². The van der Waals surface area contributed by atoms with Crippen LogP contribution in [0.3, 0.4) is 0 Å². The van der Waals surface area contributed by atoms with Gasteiger partial charge in [-0.1, -0.05) is 13.8 Å². The van der Waals surface area contributed by atoms with Gasteiger partial charge in [-0.05, 0) is 43.0 Å². The molecule has 0 radical (unpaired) electrons. The fourth-order valence-electron chi connectivity index (χ4n) is 4.10. The lowest BCUT2D eigenvalue weighted by Gasteiger charge is -2.35. The zero-order valence-electron chi connectivity index (χ0n) is 17.6. The van der Waals surface area contributed by atoms with Gasteiger partial charge < -0.3 is 24.7 Å². The SMILES string of the molecule is BN[C@@H](CC)C[C@@H](C(=O)O)[C@H](C)CN1CCOc2cnc3ccc(OC)cc3c21. The minimum atomic E-state index is -0.735. The number of methoxy groups -OCH3 is 1. The van der Waals surface area contributed by atoms with Crippen molar-refractivity contribution in [3.05, 3.63) is 24.4 Å². The maximum absolute atomic E-state index is 12.0. The van der Waals surface area contributed by atoms with Crippen LogP contribution in [0.25, 0.3) is 10.9 Å². The summed E-state index contributed by atoms with van der Waals surface area (Å²) in [4.78, 5) is 18.7. The highest BCUT2D eigenvalue weighted by atomic mass is 16.5. The van der Waals surface area contributed by atoms with E-state index < -0.39 is 11.9 Å². The Balaban J connectivity index is 1.91. The molecule has 0 unspecified atom stereocenters. The third kappa shape index (κ3) is 4.58. The molecule has 0 amide bonds. The van der Waals surface area contributed by atoms with Crippen molar-refractivity contribution in [3.8, 4) is 11.5 Å². The van der Waals surface area contributed by atoms with Crippen LogP contribution in [0.4, 0.5) is 5.69 Å². The van der Waals surface area contributed by atoms with Crippen LogP contribution in [0.1, 0.15) is 26.7 Å². The first-order chi connectivity index (χ1) is 14.0. The van der Waals surface area contributed by atoms with Gasteiger partial charge in [0.1, 0.15) is 12.4 Å². The first-order valence-corrected chi connectivity index (χ1v) is 10.2. The first kappa shape index (κ1) is 21.2. The van der Waals surface area contributed by atoms with Crippen LogP contribution in [0.2, 0.25) is 0 Å². The summed E-state index contributed by atoms with van der Waals surface area (Å²) in [7, 11) is 3.53. The summed E-state index contributed by atoms with van der Waals surface area (Å²) in [5.74, 6) is 0.323. The second-order valence-electron chi connectivity index (χ2n) is 7.70. The molecule has 0 saturated heterocycles. The number of pyridine rings is 1. The average molecular weight is 399 g/mol. The molecule has 1 aliphatic rings. The van der Waals surface area contributed by atoms with E-state index in [-0.39, 0.29) is 12.0 Å². The van der Waals surface area contributed by atoms with Gasteiger partial charge in [0.25, 0.3) is 0 Å². The van der Waals surface area contributed by atoms with Crippen molar-refractivity contribution >= 4 is 30.5 Å². The standard InChI is InChI=1S/C21H30BN3O4/c1-4-14(24-22)9-16(21(26)27)13(2)12-25-7-8-29-19-11-23-18-6-5-15(28-3)10-17(18)20(19)25/h5-6,10-11,13-14,16,24H,4,7-9,12,22H2,1-3H3,(H,26,27)/t13-,14+,16-/m1/s1. The van der Waals surface area contributed by atoms with Gasteiger partial charge in [-0.25, -0.2) is 0 Å². The molecule has 1 aromatic carbocycles. The van der Waals surface area contributed by atoms with Crippen molar-refractivity contribution in [2.75, 3.05) is 31.7 Å². The minimum absolute atomic E-state index is 0.0188. The molecule has 0 spiro atoms. The molecule has 156 valence electrons. The van der Waals surface area contributed by atoms with Crippen molar-refractivity contribution in [3.63, 3.8) is 0 Å². The number of aliphatic carboxylic acids is 1. The van der Waals surface area contributed by atoms with Crippen molar-refractivity contribution in [2.24, 2.45) is 11.8 Å². The minimum Gasteiger partial charge on any atom is -0.497 e. The van der Waals surface area contributed by atoms with Gasteiger partial charge in [-0.15, -0.1) is 0 Å². The Morgan fingerprint density at radius 3 is 2.93 bits per heavy atom. The summed E-state index contributed by atoms with van der Waals surface area (Å²) in [6, 6.07) is 5.99. The molecule has 0 bridgehead atoms. The predicted molar refractivity (Wildman–Crippen MR) is 117 cm³/mol. The summed E-state index contributed by atoms with van der Waals surface area (Å²) in [6.07, 6.45) is 3.28. The van der Waals surface area contributed by atoms with Crippen molar-refractivity contribution in [1.82, 2.24) is 10.2 Å². The molecular weight excluding hydrogens is 369 g/mol. The van der Waals surface area contributed by atoms with E-state index in [0.29, 0.717) is 26.1 Å². The van der Waals surface area contributed by atoms with Gasteiger partial charge in [0.05, 0.1) is 37.0 Å². The van der Waals surface area contributed by atoms with E-state index in [4.69, 9.17) is 9.47 Å². The number of carboxylic acids is 1. The number of ether oxygens (including phenoxy) is 2.